The van der Waals surface area contributed by atoms with Crippen LogP contribution in [0.5, 0.6) is 23.0 Å². The van der Waals surface area contributed by atoms with Crippen LogP contribution in [0.2, 0.25) is 0 Å². The maximum Gasteiger partial charge on any atom is 0.201 e. The van der Waals surface area contributed by atoms with Crippen LogP contribution in [-0.4, -0.2) is 39.3 Å². The number of ketones is 3. The second-order valence-corrected chi connectivity index (χ2v) is 6.85. The quantitative estimate of drug-likeness (QED) is 0.649. The Bertz CT molecular complexity index is 1040. The van der Waals surface area contributed by atoms with Crippen molar-refractivity contribution >= 4 is 17.3 Å². The molecular formula is C20H16O7. The lowest BCUT2D eigenvalue weighted by molar-refractivity contribution is -0.117. The van der Waals surface area contributed by atoms with Gasteiger partial charge in [0.1, 0.15) is 28.8 Å². The Labute approximate surface area is 153 Å². The Balaban J connectivity index is 1.88. The number of phenols is 3. The number of Topliss-reactive ketones (excluding diaryl/α,β-unsaturated/α-hetero) is 1. The molecule has 1 aliphatic carbocycles. The molecule has 27 heavy (non-hydrogen) atoms. The molecule has 0 aromatic heterocycles. The minimum Gasteiger partial charge on any atom is -0.508 e. The Morgan fingerprint density at radius 1 is 1.07 bits per heavy atom. The first-order valence-electron chi connectivity index (χ1n) is 8.47. The molecule has 0 radical (unpaired) electrons. The molecule has 1 atom stereocenters. The maximum atomic E-state index is 12.9. The number of fused-ring (bicyclic) bond motifs is 3. The Hall–Kier alpha value is -3.35. The predicted octanol–water partition coefficient (Wildman–Crippen LogP) is 2.42. The highest BCUT2D eigenvalue weighted by atomic mass is 16.5. The van der Waals surface area contributed by atoms with E-state index in [1.807, 2.05) is 0 Å². The van der Waals surface area contributed by atoms with E-state index in [9.17, 15) is 29.7 Å². The number of hydrogen-bond acceptors (Lipinski definition) is 7. The van der Waals surface area contributed by atoms with Gasteiger partial charge in [0.15, 0.2) is 5.78 Å². The van der Waals surface area contributed by atoms with Crippen LogP contribution in [-0.2, 0) is 4.79 Å². The van der Waals surface area contributed by atoms with E-state index < -0.39 is 17.3 Å². The zero-order chi connectivity index (χ0) is 19.5. The molecule has 0 saturated heterocycles. The van der Waals surface area contributed by atoms with Crippen LogP contribution in [0.25, 0.3) is 0 Å². The van der Waals surface area contributed by atoms with Crippen molar-refractivity contribution < 1.29 is 34.4 Å². The largest absolute Gasteiger partial charge is 0.508 e. The first-order valence-corrected chi connectivity index (χ1v) is 8.47. The van der Waals surface area contributed by atoms with E-state index in [0.717, 1.165) is 12.1 Å². The third-order valence-electron chi connectivity index (χ3n) is 5.04. The lowest BCUT2D eigenvalue weighted by Gasteiger charge is -2.21. The second kappa shape index (κ2) is 5.84. The number of hydrogen-bond donors (Lipinski definition) is 3. The van der Waals surface area contributed by atoms with Gasteiger partial charge in [0.2, 0.25) is 5.78 Å². The highest BCUT2D eigenvalue weighted by Gasteiger charge is 2.39. The van der Waals surface area contributed by atoms with Crippen molar-refractivity contribution in [2.24, 2.45) is 0 Å². The third kappa shape index (κ3) is 2.46. The average Bonchev–Trinajstić information content (AvgIpc) is 3.00. The summed E-state index contributed by atoms with van der Waals surface area (Å²) in [4.78, 5) is 37.0. The summed E-state index contributed by atoms with van der Waals surface area (Å²) in [6, 6.07) is 3.49. The van der Waals surface area contributed by atoms with Crippen LogP contribution in [0.4, 0.5) is 0 Å². The molecule has 7 heteroatoms. The Morgan fingerprint density at radius 2 is 1.78 bits per heavy atom. The van der Waals surface area contributed by atoms with Crippen LogP contribution < -0.4 is 4.74 Å². The van der Waals surface area contributed by atoms with E-state index in [1.54, 1.807) is 0 Å². The topological polar surface area (TPSA) is 121 Å². The van der Waals surface area contributed by atoms with Gasteiger partial charge in [-0.1, -0.05) is 0 Å². The molecule has 4 rings (SSSR count). The molecule has 0 amide bonds. The fraction of sp³-hybridized carbons (Fsp3) is 0.250. The highest BCUT2D eigenvalue weighted by Crippen LogP contribution is 2.48. The van der Waals surface area contributed by atoms with Crippen LogP contribution in [0, 0.1) is 0 Å². The summed E-state index contributed by atoms with van der Waals surface area (Å²) in [5.41, 5.74) is -0.209. The van der Waals surface area contributed by atoms with Crippen molar-refractivity contribution in [2.45, 2.75) is 25.7 Å². The molecule has 1 heterocycles. The molecule has 0 fully saturated rings. The van der Waals surface area contributed by atoms with Gasteiger partial charge in [-0.05, 0) is 25.5 Å². The Kier molecular flexibility index (Phi) is 3.69. The molecule has 0 spiro atoms. The smallest absolute Gasteiger partial charge is 0.201 e. The van der Waals surface area contributed by atoms with Gasteiger partial charge in [0.05, 0.1) is 17.7 Å². The number of rotatable bonds is 3. The molecule has 1 aliphatic heterocycles. The lowest BCUT2D eigenvalue weighted by atomic mass is 9.80. The molecular weight excluding hydrogens is 352 g/mol. The van der Waals surface area contributed by atoms with Crippen molar-refractivity contribution in [3.8, 4) is 23.0 Å². The van der Waals surface area contributed by atoms with Crippen LogP contribution >= 0.6 is 0 Å². The summed E-state index contributed by atoms with van der Waals surface area (Å²) in [5, 5.41) is 30.5. The van der Waals surface area contributed by atoms with E-state index in [0.29, 0.717) is 24.2 Å². The van der Waals surface area contributed by atoms with Crippen molar-refractivity contribution in [3.05, 3.63) is 46.0 Å². The SMILES string of the molecule is CC(=O)CC[C@H]1COc2cc3c(c(O)c21)C(=O)c1c(O)cc(O)cc1C3=O. The van der Waals surface area contributed by atoms with Crippen LogP contribution in [0.15, 0.2) is 18.2 Å². The minimum atomic E-state index is -0.699. The molecule has 7 nitrogen and oxygen atoms in total. The van der Waals surface area contributed by atoms with E-state index >= 15 is 0 Å². The molecule has 138 valence electrons. The molecule has 0 bridgehead atoms. The van der Waals surface area contributed by atoms with E-state index in [1.165, 1.54) is 13.0 Å². The average molecular weight is 368 g/mol. The van der Waals surface area contributed by atoms with E-state index in [4.69, 9.17) is 4.74 Å². The van der Waals surface area contributed by atoms with Gasteiger partial charge < -0.3 is 24.9 Å². The minimum absolute atomic E-state index is 0.00538. The molecule has 2 aliphatic rings. The molecule has 0 saturated carbocycles. The van der Waals surface area contributed by atoms with Crippen LogP contribution in [0.3, 0.4) is 0 Å². The number of phenolic OH excluding ortho intramolecular Hbond substituents is 3. The van der Waals surface area contributed by atoms with Crippen molar-refractivity contribution in [2.75, 3.05) is 6.61 Å². The number of ether oxygens (including phenoxy) is 1. The fourth-order valence-electron chi connectivity index (χ4n) is 3.76. The molecule has 2 aromatic carbocycles. The zero-order valence-corrected chi connectivity index (χ0v) is 14.4. The zero-order valence-electron chi connectivity index (χ0n) is 14.4. The summed E-state index contributed by atoms with van der Waals surface area (Å²) in [6.45, 7) is 1.71. The number of carbonyl (C=O) groups is 3. The number of aromatic hydroxyl groups is 3. The van der Waals surface area contributed by atoms with Gasteiger partial charge in [0, 0.05) is 35.1 Å². The lowest BCUT2D eigenvalue weighted by Crippen LogP contribution is -2.21. The van der Waals surface area contributed by atoms with E-state index in [-0.39, 0.29) is 52.1 Å². The second-order valence-electron chi connectivity index (χ2n) is 6.85. The maximum absolute atomic E-state index is 12.9. The summed E-state index contributed by atoms with van der Waals surface area (Å²) < 4.78 is 5.58. The molecule has 0 unspecified atom stereocenters. The monoisotopic (exact) mass is 368 g/mol. The number of benzene rings is 2. The summed E-state index contributed by atoms with van der Waals surface area (Å²) in [7, 11) is 0. The first-order chi connectivity index (χ1) is 12.8. The van der Waals surface area contributed by atoms with Gasteiger partial charge in [-0.2, -0.15) is 0 Å². The third-order valence-corrected chi connectivity index (χ3v) is 5.04. The van der Waals surface area contributed by atoms with Gasteiger partial charge >= 0.3 is 0 Å². The standard InChI is InChI=1S/C20H16O7/c1-8(21)2-3-9-7-27-14-6-12-17(19(25)15(9)14)20(26)16-11(18(12)24)4-10(22)5-13(16)23/h4-6,9,22-23,25H,2-3,7H2,1H3/t9-/m0/s1. The summed E-state index contributed by atoms with van der Waals surface area (Å²) in [5.74, 6) is -2.49. The fourth-order valence-corrected chi connectivity index (χ4v) is 3.76. The van der Waals surface area contributed by atoms with E-state index in [2.05, 4.69) is 0 Å². The normalized spacial score (nSPS) is 17.1. The van der Waals surface area contributed by atoms with Gasteiger partial charge in [-0.15, -0.1) is 0 Å². The summed E-state index contributed by atoms with van der Waals surface area (Å²) >= 11 is 0. The number of carbonyl (C=O) groups excluding carboxylic acids is 3. The predicted molar refractivity (Wildman–Crippen MR) is 92.9 cm³/mol. The van der Waals surface area contributed by atoms with Gasteiger partial charge in [-0.25, -0.2) is 0 Å². The van der Waals surface area contributed by atoms with Crippen molar-refractivity contribution in [3.63, 3.8) is 0 Å². The Morgan fingerprint density at radius 3 is 2.48 bits per heavy atom. The van der Waals surface area contributed by atoms with Crippen molar-refractivity contribution in [1.82, 2.24) is 0 Å². The first kappa shape index (κ1) is 17.1. The van der Waals surface area contributed by atoms with Gasteiger partial charge in [-0.3, -0.25) is 9.59 Å². The van der Waals surface area contributed by atoms with Crippen LogP contribution in [0.1, 0.15) is 63.1 Å². The van der Waals surface area contributed by atoms with Crippen molar-refractivity contribution in [1.29, 1.82) is 0 Å². The molecule has 3 N–H and O–H groups in total. The highest BCUT2D eigenvalue weighted by molar-refractivity contribution is 6.30. The summed E-state index contributed by atoms with van der Waals surface area (Å²) in [6.07, 6.45) is 0.756. The molecule has 2 aromatic rings. The van der Waals surface area contributed by atoms with Gasteiger partial charge in [0.25, 0.3) is 0 Å².